The van der Waals surface area contributed by atoms with E-state index >= 15 is 0 Å². The second-order valence-electron chi connectivity index (χ2n) is 6.36. The third-order valence-corrected chi connectivity index (χ3v) is 4.43. The SMILES string of the molecule is CN(C)C(CNC(=O)CCN1C(=O)c2ccccc2C1=O)c1ccco1. The zero-order valence-electron chi connectivity index (χ0n) is 14.8. The summed E-state index contributed by atoms with van der Waals surface area (Å²) in [5.74, 6) is -0.157. The fraction of sp³-hybridized carbons (Fsp3) is 0.316. The van der Waals surface area contributed by atoms with E-state index in [0.29, 0.717) is 17.7 Å². The molecule has 7 nitrogen and oxygen atoms in total. The Bertz CT molecular complexity index is 779. The van der Waals surface area contributed by atoms with Gasteiger partial charge in [0.15, 0.2) is 0 Å². The van der Waals surface area contributed by atoms with Crippen LogP contribution in [0.25, 0.3) is 0 Å². The molecule has 1 N–H and O–H groups in total. The highest BCUT2D eigenvalue weighted by Gasteiger charge is 2.35. The van der Waals surface area contributed by atoms with Gasteiger partial charge in [0.05, 0.1) is 23.4 Å². The number of nitrogens with one attached hydrogen (secondary N) is 1. The minimum atomic E-state index is -0.347. The molecule has 1 aliphatic heterocycles. The summed E-state index contributed by atoms with van der Waals surface area (Å²) in [4.78, 5) is 39.8. The summed E-state index contributed by atoms with van der Waals surface area (Å²) < 4.78 is 5.40. The van der Waals surface area contributed by atoms with Gasteiger partial charge < -0.3 is 9.73 Å². The van der Waals surface area contributed by atoms with E-state index in [1.54, 1.807) is 36.6 Å². The van der Waals surface area contributed by atoms with Crippen molar-refractivity contribution >= 4 is 17.7 Å². The lowest BCUT2D eigenvalue weighted by molar-refractivity contribution is -0.121. The van der Waals surface area contributed by atoms with Crippen molar-refractivity contribution in [3.05, 3.63) is 59.5 Å². The number of furan rings is 1. The maximum absolute atomic E-state index is 12.3. The Morgan fingerprint density at radius 3 is 2.31 bits per heavy atom. The first-order valence-electron chi connectivity index (χ1n) is 8.40. The Balaban J connectivity index is 1.53. The van der Waals surface area contributed by atoms with E-state index in [1.165, 1.54) is 0 Å². The van der Waals surface area contributed by atoms with E-state index in [-0.39, 0.29) is 36.7 Å². The molecule has 7 heteroatoms. The molecule has 0 radical (unpaired) electrons. The van der Waals surface area contributed by atoms with Crippen molar-refractivity contribution in [2.75, 3.05) is 27.2 Å². The molecular formula is C19H21N3O4. The fourth-order valence-corrected chi connectivity index (χ4v) is 2.97. The predicted octanol–water partition coefficient (Wildman–Crippen LogP) is 1.68. The largest absolute Gasteiger partial charge is 0.468 e. The van der Waals surface area contributed by atoms with Crippen LogP contribution >= 0.6 is 0 Å². The number of likely N-dealkylation sites (N-methyl/N-ethyl adjacent to an activating group) is 1. The van der Waals surface area contributed by atoms with Crippen molar-refractivity contribution in [3.63, 3.8) is 0 Å². The molecule has 26 heavy (non-hydrogen) atoms. The second kappa shape index (κ2) is 7.53. The Morgan fingerprint density at radius 2 is 1.77 bits per heavy atom. The minimum Gasteiger partial charge on any atom is -0.468 e. The quantitative estimate of drug-likeness (QED) is 0.764. The van der Waals surface area contributed by atoms with Gasteiger partial charge in [-0.2, -0.15) is 0 Å². The summed E-state index contributed by atoms with van der Waals surface area (Å²) in [6.07, 6.45) is 1.65. The summed E-state index contributed by atoms with van der Waals surface area (Å²) in [6.45, 7) is 0.438. The van der Waals surface area contributed by atoms with Gasteiger partial charge >= 0.3 is 0 Å². The van der Waals surface area contributed by atoms with Gasteiger partial charge in [-0.3, -0.25) is 24.2 Å². The summed E-state index contributed by atoms with van der Waals surface area (Å²) in [5.41, 5.74) is 0.784. The zero-order chi connectivity index (χ0) is 18.7. The van der Waals surface area contributed by atoms with E-state index in [1.807, 2.05) is 25.1 Å². The van der Waals surface area contributed by atoms with E-state index in [0.717, 1.165) is 10.7 Å². The Kier molecular flexibility index (Phi) is 5.18. The molecule has 0 spiro atoms. The highest BCUT2D eigenvalue weighted by atomic mass is 16.3. The molecule has 3 amide bonds. The van der Waals surface area contributed by atoms with Crippen molar-refractivity contribution in [2.24, 2.45) is 0 Å². The van der Waals surface area contributed by atoms with Crippen molar-refractivity contribution < 1.29 is 18.8 Å². The van der Waals surface area contributed by atoms with Crippen LogP contribution in [-0.2, 0) is 4.79 Å². The average Bonchev–Trinajstić information content (AvgIpc) is 3.22. The zero-order valence-corrected chi connectivity index (χ0v) is 14.8. The molecule has 1 unspecified atom stereocenters. The number of hydrogen-bond acceptors (Lipinski definition) is 5. The normalized spacial score (nSPS) is 14.7. The van der Waals surface area contributed by atoms with Crippen LogP contribution in [0.3, 0.4) is 0 Å². The molecule has 0 saturated carbocycles. The van der Waals surface area contributed by atoms with Crippen LogP contribution in [0, 0.1) is 0 Å². The molecule has 0 saturated heterocycles. The van der Waals surface area contributed by atoms with E-state index in [2.05, 4.69) is 5.32 Å². The molecule has 3 rings (SSSR count). The van der Waals surface area contributed by atoms with Gasteiger partial charge in [0, 0.05) is 19.5 Å². The van der Waals surface area contributed by atoms with Crippen LogP contribution in [0.4, 0.5) is 0 Å². The van der Waals surface area contributed by atoms with E-state index in [9.17, 15) is 14.4 Å². The summed E-state index contributed by atoms with van der Waals surface area (Å²) >= 11 is 0. The van der Waals surface area contributed by atoms with Crippen molar-refractivity contribution in [2.45, 2.75) is 12.5 Å². The number of imide groups is 1. The average molecular weight is 355 g/mol. The second-order valence-corrected chi connectivity index (χ2v) is 6.36. The van der Waals surface area contributed by atoms with Crippen LogP contribution in [0.5, 0.6) is 0 Å². The molecule has 1 aromatic heterocycles. The molecule has 0 bridgehead atoms. The number of rotatable bonds is 7. The maximum Gasteiger partial charge on any atom is 0.261 e. The first-order valence-corrected chi connectivity index (χ1v) is 8.40. The highest BCUT2D eigenvalue weighted by molar-refractivity contribution is 6.21. The maximum atomic E-state index is 12.3. The van der Waals surface area contributed by atoms with Gasteiger partial charge in [-0.1, -0.05) is 12.1 Å². The number of carbonyl (C=O) groups excluding carboxylic acids is 3. The highest BCUT2D eigenvalue weighted by Crippen LogP contribution is 2.22. The lowest BCUT2D eigenvalue weighted by atomic mass is 10.1. The Hall–Kier alpha value is -2.93. The molecule has 1 atom stereocenters. The number of nitrogens with zero attached hydrogens (tertiary/aromatic N) is 2. The van der Waals surface area contributed by atoms with Crippen molar-refractivity contribution in [1.29, 1.82) is 0 Å². The lowest BCUT2D eigenvalue weighted by Gasteiger charge is -2.22. The van der Waals surface area contributed by atoms with Crippen molar-refractivity contribution in [3.8, 4) is 0 Å². The lowest BCUT2D eigenvalue weighted by Crippen LogP contribution is -2.37. The number of hydrogen-bond donors (Lipinski definition) is 1. The molecule has 136 valence electrons. The van der Waals surface area contributed by atoms with Gasteiger partial charge in [0.1, 0.15) is 5.76 Å². The summed E-state index contributed by atoms with van der Waals surface area (Å²) in [6, 6.07) is 10.3. The molecule has 0 fully saturated rings. The number of fused-ring (bicyclic) bond motifs is 1. The van der Waals surface area contributed by atoms with Gasteiger partial charge in [-0.25, -0.2) is 0 Å². The summed E-state index contributed by atoms with van der Waals surface area (Å²) in [5, 5.41) is 2.84. The first kappa shape index (κ1) is 17.9. The molecule has 1 aliphatic rings. The van der Waals surface area contributed by atoms with E-state index < -0.39 is 0 Å². The number of amides is 3. The van der Waals surface area contributed by atoms with Crippen LogP contribution in [-0.4, -0.2) is 54.7 Å². The molecule has 2 aromatic rings. The fourth-order valence-electron chi connectivity index (χ4n) is 2.97. The smallest absolute Gasteiger partial charge is 0.261 e. The van der Waals surface area contributed by atoms with Crippen LogP contribution in [0.1, 0.15) is 38.9 Å². The van der Waals surface area contributed by atoms with Gasteiger partial charge in [-0.15, -0.1) is 0 Å². The molecule has 1 aromatic carbocycles. The van der Waals surface area contributed by atoms with Gasteiger partial charge in [-0.05, 0) is 38.4 Å². The monoisotopic (exact) mass is 355 g/mol. The van der Waals surface area contributed by atoms with Crippen LogP contribution < -0.4 is 5.32 Å². The third kappa shape index (κ3) is 3.52. The predicted molar refractivity (Wildman–Crippen MR) is 94.6 cm³/mol. The molecular weight excluding hydrogens is 334 g/mol. The summed E-state index contributed by atoms with van der Waals surface area (Å²) in [7, 11) is 3.80. The number of carbonyl (C=O) groups is 3. The molecule has 2 heterocycles. The third-order valence-electron chi connectivity index (χ3n) is 4.43. The Morgan fingerprint density at radius 1 is 1.12 bits per heavy atom. The minimum absolute atomic E-state index is 0.0593. The number of benzene rings is 1. The first-order chi connectivity index (χ1) is 12.5. The van der Waals surface area contributed by atoms with Crippen LogP contribution in [0.15, 0.2) is 47.1 Å². The molecule has 0 aliphatic carbocycles. The Labute approximate surface area is 151 Å². The van der Waals surface area contributed by atoms with E-state index in [4.69, 9.17) is 4.42 Å². The van der Waals surface area contributed by atoms with Gasteiger partial charge in [0.2, 0.25) is 5.91 Å². The van der Waals surface area contributed by atoms with Crippen molar-refractivity contribution in [1.82, 2.24) is 15.1 Å². The standard InChI is InChI=1S/C19H21N3O4/c1-21(2)15(16-8-5-11-26-16)12-20-17(23)9-10-22-18(24)13-6-3-4-7-14(13)19(22)25/h3-8,11,15H,9-10,12H2,1-2H3,(H,20,23). The van der Waals surface area contributed by atoms with Gasteiger partial charge in [0.25, 0.3) is 11.8 Å². The van der Waals surface area contributed by atoms with Crippen LogP contribution in [0.2, 0.25) is 0 Å². The topological polar surface area (TPSA) is 82.9 Å².